The molecule has 1 rings (SSSR count). The highest BCUT2D eigenvalue weighted by atomic mass is 19.3. The zero-order valence-electron chi connectivity index (χ0n) is 9.44. The lowest BCUT2D eigenvalue weighted by atomic mass is 10.2. The minimum atomic E-state index is -2.49. The Morgan fingerprint density at radius 3 is 2.65 bits per heavy atom. The second-order valence-electron chi connectivity index (χ2n) is 3.52. The lowest BCUT2D eigenvalue weighted by molar-refractivity contribution is 0.101. The highest BCUT2D eigenvalue weighted by Gasteiger charge is 2.13. The third-order valence-corrected chi connectivity index (χ3v) is 2.20. The average molecular weight is 244 g/mol. The van der Waals surface area contributed by atoms with E-state index in [9.17, 15) is 13.6 Å². The number of Topliss-reactive ketones (excluding diaryl/α,β-unsaturated/α-hetero) is 1. The SMILES string of the molecule is CC(=O)c1ccc(N(CCO)CC(F)F)cn1. The number of rotatable bonds is 6. The summed E-state index contributed by atoms with van der Waals surface area (Å²) in [6.45, 7) is 0.793. The van der Waals surface area contributed by atoms with Crippen molar-refractivity contribution in [2.45, 2.75) is 13.3 Å². The fraction of sp³-hybridized carbons (Fsp3) is 0.455. The number of carbonyl (C=O) groups excluding carboxylic acids is 1. The number of aromatic nitrogens is 1. The van der Waals surface area contributed by atoms with E-state index in [1.165, 1.54) is 24.1 Å². The molecule has 0 aliphatic heterocycles. The maximum Gasteiger partial charge on any atom is 0.255 e. The van der Waals surface area contributed by atoms with Gasteiger partial charge in [0.2, 0.25) is 0 Å². The van der Waals surface area contributed by atoms with Crippen molar-refractivity contribution in [2.75, 3.05) is 24.6 Å². The van der Waals surface area contributed by atoms with Crippen LogP contribution >= 0.6 is 0 Å². The summed E-state index contributed by atoms with van der Waals surface area (Å²) in [6.07, 6.45) is -1.14. The molecular weight excluding hydrogens is 230 g/mol. The quantitative estimate of drug-likeness (QED) is 0.767. The third-order valence-electron chi connectivity index (χ3n) is 2.20. The number of carbonyl (C=O) groups is 1. The fourth-order valence-electron chi connectivity index (χ4n) is 1.39. The van der Waals surface area contributed by atoms with E-state index in [-0.39, 0.29) is 24.6 Å². The molecule has 6 heteroatoms. The first-order chi connectivity index (χ1) is 8.04. The van der Waals surface area contributed by atoms with Crippen LogP contribution in [0.4, 0.5) is 14.5 Å². The van der Waals surface area contributed by atoms with E-state index in [4.69, 9.17) is 5.11 Å². The number of halogens is 2. The molecule has 1 N–H and O–H groups in total. The van der Waals surface area contributed by atoms with Crippen molar-refractivity contribution in [3.05, 3.63) is 24.0 Å². The number of aliphatic hydroxyl groups excluding tert-OH is 1. The number of aliphatic hydroxyl groups is 1. The number of ketones is 1. The highest BCUT2D eigenvalue weighted by Crippen LogP contribution is 2.14. The predicted octanol–water partition coefficient (Wildman–Crippen LogP) is 1.35. The van der Waals surface area contributed by atoms with E-state index in [0.717, 1.165) is 0 Å². The van der Waals surface area contributed by atoms with Crippen molar-refractivity contribution in [1.82, 2.24) is 4.98 Å². The number of hydrogen-bond donors (Lipinski definition) is 1. The Morgan fingerprint density at radius 2 is 2.24 bits per heavy atom. The van der Waals surface area contributed by atoms with Crippen molar-refractivity contribution in [2.24, 2.45) is 0 Å². The number of pyridine rings is 1. The summed E-state index contributed by atoms with van der Waals surface area (Å²) >= 11 is 0. The van der Waals surface area contributed by atoms with Gasteiger partial charge in [0.15, 0.2) is 5.78 Å². The van der Waals surface area contributed by atoms with E-state index >= 15 is 0 Å². The molecule has 94 valence electrons. The maximum atomic E-state index is 12.3. The monoisotopic (exact) mass is 244 g/mol. The molecular formula is C11H14F2N2O2. The summed E-state index contributed by atoms with van der Waals surface area (Å²) in [7, 11) is 0. The number of anilines is 1. The Bertz CT molecular complexity index is 368. The number of alkyl halides is 2. The number of nitrogens with zero attached hydrogens (tertiary/aromatic N) is 2. The topological polar surface area (TPSA) is 53.4 Å². The second kappa shape index (κ2) is 6.24. The third kappa shape index (κ3) is 4.07. The van der Waals surface area contributed by atoms with Crippen LogP contribution in [-0.4, -0.2) is 42.0 Å². The molecule has 0 fully saturated rings. The molecule has 0 aliphatic carbocycles. The van der Waals surface area contributed by atoms with Crippen molar-refractivity contribution < 1.29 is 18.7 Å². The Hall–Kier alpha value is -1.56. The van der Waals surface area contributed by atoms with Crippen molar-refractivity contribution >= 4 is 11.5 Å². The van der Waals surface area contributed by atoms with E-state index in [1.807, 2.05) is 0 Å². The Kier molecular flexibility index (Phi) is 4.96. The summed E-state index contributed by atoms with van der Waals surface area (Å²) in [4.78, 5) is 16.2. The summed E-state index contributed by atoms with van der Waals surface area (Å²) in [5.41, 5.74) is 0.749. The zero-order chi connectivity index (χ0) is 12.8. The minimum absolute atomic E-state index is 0.103. The second-order valence-corrected chi connectivity index (χ2v) is 3.52. The molecule has 1 aromatic heterocycles. The molecule has 0 saturated carbocycles. The largest absolute Gasteiger partial charge is 0.395 e. The molecule has 0 spiro atoms. The van der Waals surface area contributed by atoms with Gasteiger partial charge in [-0.1, -0.05) is 0 Å². The van der Waals surface area contributed by atoms with Crippen LogP contribution in [0.1, 0.15) is 17.4 Å². The molecule has 0 bridgehead atoms. The Morgan fingerprint density at radius 1 is 1.53 bits per heavy atom. The van der Waals surface area contributed by atoms with Crippen LogP contribution in [0.25, 0.3) is 0 Å². The summed E-state index contributed by atoms with van der Waals surface area (Å²) in [5, 5.41) is 8.79. The van der Waals surface area contributed by atoms with Crippen LogP contribution in [0.3, 0.4) is 0 Å². The van der Waals surface area contributed by atoms with Gasteiger partial charge in [-0.05, 0) is 12.1 Å². The van der Waals surface area contributed by atoms with Gasteiger partial charge in [0.1, 0.15) is 5.69 Å². The summed E-state index contributed by atoms with van der Waals surface area (Å²) in [5.74, 6) is -0.181. The summed E-state index contributed by atoms with van der Waals surface area (Å²) in [6, 6.07) is 3.02. The lowest BCUT2D eigenvalue weighted by Crippen LogP contribution is -2.31. The maximum absolute atomic E-state index is 12.3. The van der Waals surface area contributed by atoms with E-state index < -0.39 is 13.0 Å². The normalized spacial score (nSPS) is 10.6. The number of hydrogen-bond acceptors (Lipinski definition) is 4. The van der Waals surface area contributed by atoms with Gasteiger partial charge in [-0.25, -0.2) is 8.78 Å². The molecule has 17 heavy (non-hydrogen) atoms. The molecule has 0 saturated heterocycles. The predicted molar refractivity (Wildman–Crippen MR) is 59.5 cm³/mol. The first-order valence-corrected chi connectivity index (χ1v) is 5.15. The smallest absolute Gasteiger partial charge is 0.255 e. The highest BCUT2D eigenvalue weighted by molar-refractivity contribution is 5.92. The standard InChI is InChI=1S/C11H14F2N2O2/c1-8(17)10-3-2-9(6-14-10)15(4-5-16)7-11(12)13/h2-3,6,11,16H,4-5,7H2,1H3. The van der Waals surface area contributed by atoms with Gasteiger partial charge >= 0.3 is 0 Å². The van der Waals surface area contributed by atoms with Gasteiger partial charge in [0.05, 0.1) is 25.0 Å². The Labute approximate surface area is 97.9 Å². The van der Waals surface area contributed by atoms with E-state index in [2.05, 4.69) is 4.98 Å². The fourth-order valence-corrected chi connectivity index (χ4v) is 1.39. The van der Waals surface area contributed by atoms with Gasteiger partial charge in [0.25, 0.3) is 6.43 Å². The molecule has 0 radical (unpaired) electrons. The molecule has 0 aromatic carbocycles. The van der Waals surface area contributed by atoms with Crippen LogP contribution in [-0.2, 0) is 0 Å². The Balaban J connectivity index is 2.83. The van der Waals surface area contributed by atoms with Gasteiger partial charge in [-0.2, -0.15) is 0 Å². The van der Waals surface area contributed by atoms with Crippen LogP contribution in [0.15, 0.2) is 18.3 Å². The molecule has 0 amide bonds. The van der Waals surface area contributed by atoms with Crippen molar-refractivity contribution in [3.63, 3.8) is 0 Å². The van der Waals surface area contributed by atoms with Crippen molar-refractivity contribution in [3.8, 4) is 0 Å². The van der Waals surface area contributed by atoms with Crippen molar-refractivity contribution in [1.29, 1.82) is 0 Å². The summed E-state index contributed by atoms with van der Waals surface area (Å²) < 4.78 is 24.6. The molecule has 1 heterocycles. The van der Waals surface area contributed by atoms with Gasteiger partial charge in [-0.15, -0.1) is 0 Å². The van der Waals surface area contributed by atoms with E-state index in [0.29, 0.717) is 5.69 Å². The molecule has 1 aromatic rings. The molecule has 0 atom stereocenters. The first kappa shape index (κ1) is 13.5. The lowest BCUT2D eigenvalue weighted by Gasteiger charge is -2.23. The van der Waals surface area contributed by atoms with Gasteiger partial charge < -0.3 is 10.0 Å². The zero-order valence-corrected chi connectivity index (χ0v) is 9.44. The van der Waals surface area contributed by atoms with Gasteiger partial charge in [-0.3, -0.25) is 9.78 Å². The molecule has 4 nitrogen and oxygen atoms in total. The van der Waals surface area contributed by atoms with Crippen LogP contribution in [0.2, 0.25) is 0 Å². The first-order valence-electron chi connectivity index (χ1n) is 5.15. The average Bonchev–Trinajstić information content (AvgIpc) is 2.28. The van der Waals surface area contributed by atoms with E-state index in [1.54, 1.807) is 6.07 Å². The van der Waals surface area contributed by atoms with Crippen LogP contribution in [0.5, 0.6) is 0 Å². The van der Waals surface area contributed by atoms with Gasteiger partial charge in [0, 0.05) is 13.5 Å². The molecule has 0 aliphatic rings. The molecule has 0 unspecified atom stereocenters. The van der Waals surface area contributed by atoms with Crippen LogP contribution in [0, 0.1) is 0 Å². The minimum Gasteiger partial charge on any atom is -0.395 e. The van der Waals surface area contributed by atoms with Crippen LogP contribution < -0.4 is 4.90 Å².